The summed E-state index contributed by atoms with van der Waals surface area (Å²) in [6, 6.07) is 9.14. The van der Waals surface area contributed by atoms with Gasteiger partial charge in [-0.2, -0.15) is 5.10 Å². The predicted molar refractivity (Wildman–Crippen MR) is 94.2 cm³/mol. The van der Waals surface area contributed by atoms with E-state index in [9.17, 15) is 4.79 Å². The topological polar surface area (TPSA) is 85.8 Å². The van der Waals surface area contributed by atoms with Crippen LogP contribution in [0.3, 0.4) is 0 Å². The normalized spacial score (nSPS) is 10.8. The SMILES string of the molecule is Cn1cc(NC(=O)c2cnc(-c3ccco3)s2)c(-c2ccccn2)n1. The zero-order valence-electron chi connectivity index (χ0n) is 13.2. The Balaban J connectivity index is 1.60. The molecule has 0 radical (unpaired) electrons. The fourth-order valence-electron chi connectivity index (χ4n) is 2.35. The van der Waals surface area contributed by atoms with Gasteiger partial charge < -0.3 is 9.73 Å². The summed E-state index contributed by atoms with van der Waals surface area (Å²) in [4.78, 5) is 21.6. The third kappa shape index (κ3) is 3.07. The average molecular weight is 351 g/mol. The van der Waals surface area contributed by atoms with Crippen LogP contribution < -0.4 is 5.32 Å². The molecule has 0 saturated carbocycles. The lowest BCUT2D eigenvalue weighted by molar-refractivity contribution is 0.103. The van der Waals surface area contributed by atoms with Crippen molar-refractivity contribution in [2.75, 3.05) is 5.32 Å². The number of nitrogens with zero attached hydrogens (tertiary/aromatic N) is 4. The first-order valence-corrected chi connectivity index (χ1v) is 8.28. The summed E-state index contributed by atoms with van der Waals surface area (Å²) < 4.78 is 6.95. The van der Waals surface area contributed by atoms with Crippen molar-refractivity contribution in [3.05, 3.63) is 60.1 Å². The van der Waals surface area contributed by atoms with Crippen LogP contribution in [0.15, 0.2) is 59.6 Å². The number of pyridine rings is 1. The molecule has 0 atom stereocenters. The summed E-state index contributed by atoms with van der Waals surface area (Å²) >= 11 is 1.27. The standard InChI is InChI=1S/C17H13N5O2S/c1-22-10-12(15(21-22)11-5-2-3-7-18-11)20-16(23)14-9-19-17(25-14)13-6-4-8-24-13/h2-10H,1H3,(H,20,23). The fourth-order valence-corrected chi connectivity index (χ4v) is 3.13. The van der Waals surface area contributed by atoms with E-state index in [1.165, 1.54) is 17.5 Å². The minimum absolute atomic E-state index is 0.250. The molecule has 0 bridgehead atoms. The summed E-state index contributed by atoms with van der Waals surface area (Å²) in [6.07, 6.45) is 6.55. The van der Waals surface area contributed by atoms with Gasteiger partial charge in [0.25, 0.3) is 5.91 Å². The van der Waals surface area contributed by atoms with E-state index in [1.54, 1.807) is 42.5 Å². The van der Waals surface area contributed by atoms with Crippen molar-refractivity contribution in [2.45, 2.75) is 0 Å². The number of rotatable bonds is 4. The summed E-state index contributed by atoms with van der Waals surface area (Å²) in [7, 11) is 1.80. The maximum absolute atomic E-state index is 12.6. The second kappa shape index (κ2) is 6.33. The molecule has 4 aromatic rings. The molecular formula is C17H13N5O2S. The van der Waals surface area contributed by atoms with Crippen LogP contribution in [-0.2, 0) is 7.05 Å². The van der Waals surface area contributed by atoms with E-state index < -0.39 is 0 Å². The summed E-state index contributed by atoms with van der Waals surface area (Å²) in [5.74, 6) is 0.389. The van der Waals surface area contributed by atoms with Gasteiger partial charge in [0.1, 0.15) is 10.6 Å². The van der Waals surface area contributed by atoms with Gasteiger partial charge in [0.15, 0.2) is 10.8 Å². The molecule has 0 aromatic carbocycles. The van der Waals surface area contributed by atoms with Crippen LogP contribution in [0.5, 0.6) is 0 Å². The highest BCUT2D eigenvalue weighted by molar-refractivity contribution is 7.17. The number of hydrogen-bond acceptors (Lipinski definition) is 6. The maximum atomic E-state index is 12.6. The minimum atomic E-state index is -0.250. The highest BCUT2D eigenvalue weighted by atomic mass is 32.1. The van der Waals surface area contributed by atoms with Crippen LogP contribution in [0.2, 0.25) is 0 Å². The number of amides is 1. The summed E-state index contributed by atoms with van der Waals surface area (Å²) in [6.45, 7) is 0. The number of carbonyl (C=O) groups excluding carboxylic acids is 1. The van der Waals surface area contributed by atoms with E-state index in [1.807, 2.05) is 18.2 Å². The van der Waals surface area contributed by atoms with Gasteiger partial charge in [0.05, 0.1) is 23.8 Å². The third-order valence-corrected chi connectivity index (χ3v) is 4.46. The molecule has 0 unspecified atom stereocenters. The Labute approximate surface area is 147 Å². The Bertz CT molecular complexity index is 1010. The number of hydrogen-bond donors (Lipinski definition) is 1. The second-order valence-corrected chi connectivity index (χ2v) is 6.27. The molecule has 4 heterocycles. The van der Waals surface area contributed by atoms with Gasteiger partial charge in [-0.3, -0.25) is 14.5 Å². The Kier molecular flexibility index (Phi) is 3.87. The molecule has 25 heavy (non-hydrogen) atoms. The van der Waals surface area contributed by atoms with E-state index >= 15 is 0 Å². The van der Waals surface area contributed by atoms with Gasteiger partial charge >= 0.3 is 0 Å². The van der Waals surface area contributed by atoms with Crippen LogP contribution in [0.25, 0.3) is 22.2 Å². The van der Waals surface area contributed by atoms with Crippen molar-refractivity contribution >= 4 is 22.9 Å². The van der Waals surface area contributed by atoms with Gasteiger partial charge in [-0.1, -0.05) is 6.07 Å². The van der Waals surface area contributed by atoms with Crippen LogP contribution in [0.1, 0.15) is 9.67 Å². The van der Waals surface area contributed by atoms with Crippen LogP contribution >= 0.6 is 11.3 Å². The monoisotopic (exact) mass is 351 g/mol. The molecule has 0 spiro atoms. The molecule has 0 fully saturated rings. The smallest absolute Gasteiger partial charge is 0.267 e. The predicted octanol–water partition coefficient (Wildman–Crippen LogP) is 3.45. The van der Waals surface area contributed by atoms with Crippen molar-refractivity contribution < 1.29 is 9.21 Å². The van der Waals surface area contributed by atoms with E-state index in [4.69, 9.17) is 4.42 Å². The van der Waals surface area contributed by atoms with E-state index in [0.29, 0.717) is 32.7 Å². The molecular weight excluding hydrogens is 338 g/mol. The first-order valence-electron chi connectivity index (χ1n) is 7.47. The lowest BCUT2D eigenvalue weighted by Crippen LogP contribution is -2.10. The van der Waals surface area contributed by atoms with Gasteiger partial charge in [-0.25, -0.2) is 4.98 Å². The number of nitrogens with one attached hydrogen (secondary N) is 1. The first kappa shape index (κ1) is 15.3. The Morgan fingerprint density at radius 1 is 1.24 bits per heavy atom. The number of furan rings is 1. The zero-order chi connectivity index (χ0) is 17.2. The van der Waals surface area contributed by atoms with Crippen molar-refractivity contribution in [3.63, 3.8) is 0 Å². The zero-order valence-corrected chi connectivity index (χ0v) is 14.0. The van der Waals surface area contributed by atoms with Gasteiger partial charge in [-0.05, 0) is 24.3 Å². The molecule has 8 heteroatoms. The van der Waals surface area contributed by atoms with Crippen molar-refractivity contribution in [3.8, 4) is 22.2 Å². The Morgan fingerprint density at radius 2 is 2.16 bits per heavy atom. The Morgan fingerprint density at radius 3 is 2.92 bits per heavy atom. The molecule has 0 aliphatic heterocycles. The lowest BCUT2D eigenvalue weighted by atomic mass is 10.2. The molecule has 0 saturated heterocycles. The molecule has 0 aliphatic rings. The van der Waals surface area contributed by atoms with Crippen LogP contribution in [0.4, 0.5) is 5.69 Å². The van der Waals surface area contributed by atoms with Gasteiger partial charge in [0.2, 0.25) is 0 Å². The van der Waals surface area contributed by atoms with Crippen molar-refractivity contribution in [1.82, 2.24) is 19.7 Å². The van der Waals surface area contributed by atoms with Crippen LogP contribution in [-0.4, -0.2) is 25.7 Å². The third-order valence-electron chi connectivity index (χ3n) is 3.45. The highest BCUT2D eigenvalue weighted by Crippen LogP contribution is 2.28. The molecule has 4 aromatic heterocycles. The van der Waals surface area contributed by atoms with Crippen LogP contribution in [0, 0.1) is 0 Å². The molecule has 1 N–H and O–H groups in total. The molecule has 124 valence electrons. The largest absolute Gasteiger partial charge is 0.462 e. The number of aromatic nitrogens is 4. The minimum Gasteiger partial charge on any atom is -0.462 e. The molecule has 7 nitrogen and oxygen atoms in total. The summed E-state index contributed by atoms with van der Waals surface area (Å²) in [5, 5.41) is 7.93. The molecule has 4 rings (SSSR count). The molecule has 0 aliphatic carbocycles. The van der Waals surface area contributed by atoms with E-state index in [2.05, 4.69) is 20.4 Å². The fraction of sp³-hybridized carbons (Fsp3) is 0.0588. The number of anilines is 1. The number of carbonyl (C=O) groups is 1. The average Bonchev–Trinajstić information content (AvgIpc) is 3.36. The second-order valence-electron chi connectivity index (χ2n) is 5.24. The first-order chi connectivity index (χ1) is 12.2. The van der Waals surface area contributed by atoms with Crippen molar-refractivity contribution in [1.29, 1.82) is 0 Å². The quantitative estimate of drug-likeness (QED) is 0.608. The van der Waals surface area contributed by atoms with Gasteiger partial charge in [0, 0.05) is 19.4 Å². The Hall–Kier alpha value is -3.26. The summed E-state index contributed by atoms with van der Waals surface area (Å²) in [5.41, 5.74) is 1.91. The molecule has 1 amide bonds. The van der Waals surface area contributed by atoms with Gasteiger partial charge in [-0.15, -0.1) is 11.3 Å². The number of aryl methyl sites for hydroxylation is 1. The van der Waals surface area contributed by atoms with Crippen molar-refractivity contribution in [2.24, 2.45) is 7.05 Å². The number of thiazole rings is 1. The maximum Gasteiger partial charge on any atom is 0.267 e. The lowest BCUT2D eigenvalue weighted by Gasteiger charge is -2.03. The highest BCUT2D eigenvalue weighted by Gasteiger charge is 2.17. The van der Waals surface area contributed by atoms with E-state index in [-0.39, 0.29) is 5.91 Å². The van der Waals surface area contributed by atoms with E-state index in [0.717, 1.165) is 0 Å².